The van der Waals surface area contributed by atoms with Gasteiger partial charge in [0.2, 0.25) is 10.0 Å². The van der Waals surface area contributed by atoms with Gasteiger partial charge in [-0.1, -0.05) is 13.3 Å². The predicted molar refractivity (Wildman–Crippen MR) is 75.8 cm³/mol. The minimum atomic E-state index is -3.66. The number of rotatable bonds is 8. The van der Waals surface area contributed by atoms with Crippen LogP contribution in [0.5, 0.6) is 0 Å². The van der Waals surface area contributed by atoms with Crippen molar-refractivity contribution < 1.29 is 18.3 Å². The number of nitrogens with one attached hydrogen (secondary N) is 1. The van der Waals surface area contributed by atoms with Crippen molar-refractivity contribution in [3.63, 3.8) is 0 Å². The first kappa shape index (κ1) is 16.6. The second-order valence-electron chi connectivity index (χ2n) is 4.91. The van der Waals surface area contributed by atoms with Gasteiger partial charge in [-0.15, -0.1) is 0 Å². The summed E-state index contributed by atoms with van der Waals surface area (Å²) in [5.74, 6) is -1.31. The number of aromatic nitrogens is 1. The van der Waals surface area contributed by atoms with Crippen LogP contribution in [0.25, 0.3) is 0 Å². The van der Waals surface area contributed by atoms with Crippen molar-refractivity contribution >= 4 is 16.0 Å². The van der Waals surface area contributed by atoms with Crippen LogP contribution in [-0.2, 0) is 21.2 Å². The highest BCUT2D eigenvalue weighted by molar-refractivity contribution is 7.89. The molecule has 6 nitrogen and oxygen atoms in total. The number of hydrogen-bond acceptors (Lipinski definition) is 4. The van der Waals surface area contributed by atoms with Crippen LogP contribution in [0.3, 0.4) is 0 Å². The fourth-order valence-electron chi connectivity index (χ4n) is 1.90. The molecule has 0 amide bonds. The number of nitrogens with zero attached hydrogens (tertiary/aromatic N) is 1. The Hall–Kier alpha value is -1.47. The van der Waals surface area contributed by atoms with E-state index in [1.165, 1.54) is 6.92 Å². The molecule has 0 aliphatic heterocycles. The molecule has 1 atom stereocenters. The minimum Gasteiger partial charge on any atom is -0.480 e. The van der Waals surface area contributed by atoms with Gasteiger partial charge in [-0.25, -0.2) is 8.42 Å². The minimum absolute atomic E-state index is 0.149. The average Bonchev–Trinajstić information content (AvgIpc) is 2.37. The zero-order chi connectivity index (χ0) is 15.2. The second kappa shape index (κ2) is 6.81. The van der Waals surface area contributed by atoms with E-state index in [-0.39, 0.29) is 12.2 Å². The maximum Gasteiger partial charge on any atom is 0.324 e. The van der Waals surface area contributed by atoms with E-state index in [2.05, 4.69) is 9.71 Å². The van der Waals surface area contributed by atoms with Crippen molar-refractivity contribution in [2.24, 2.45) is 0 Å². The third-order valence-corrected chi connectivity index (χ3v) is 4.51. The maximum absolute atomic E-state index is 12.0. The maximum atomic E-state index is 12.0. The zero-order valence-electron chi connectivity index (χ0n) is 11.7. The molecule has 20 heavy (non-hydrogen) atoms. The smallest absolute Gasteiger partial charge is 0.324 e. The highest BCUT2D eigenvalue weighted by Gasteiger charge is 2.36. The van der Waals surface area contributed by atoms with Crippen LogP contribution in [0.15, 0.2) is 24.5 Å². The van der Waals surface area contributed by atoms with Crippen molar-refractivity contribution in [1.29, 1.82) is 0 Å². The number of aliphatic carboxylic acids is 1. The van der Waals surface area contributed by atoms with Crippen LogP contribution in [-0.4, -0.2) is 35.8 Å². The summed E-state index contributed by atoms with van der Waals surface area (Å²) in [7, 11) is -3.66. The summed E-state index contributed by atoms with van der Waals surface area (Å²) in [6, 6.07) is 3.47. The van der Waals surface area contributed by atoms with Gasteiger partial charge in [-0.3, -0.25) is 9.78 Å². The molecule has 0 spiro atoms. The molecule has 0 aliphatic rings. The van der Waals surface area contributed by atoms with Gasteiger partial charge in [-0.05, 0) is 37.5 Å². The van der Waals surface area contributed by atoms with Crippen molar-refractivity contribution in [2.45, 2.75) is 38.6 Å². The summed E-state index contributed by atoms with van der Waals surface area (Å²) < 4.78 is 26.3. The molecule has 2 N–H and O–H groups in total. The van der Waals surface area contributed by atoms with Crippen molar-refractivity contribution in [3.05, 3.63) is 30.1 Å². The molecule has 0 bridgehead atoms. The first-order valence-electron chi connectivity index (χ1n) is 6.43. The molecule has 0 saturated heterocycles. The van der Waals surface area contributed by atoms with Gasteiger partial charge in [0.1, 0.15) is 5.54 Å². The molecule has 1 unspecified atom stereocenters. The van der Waals surface area contributed by atoms with E-state index in [0.717, 1.165) is 5.56 Å². The van der Waals surface area contributed by atoms with Crippen molar-refractivity contribution in [3.8, 4) is 0 Å². The number of aryl methyl sites for hydroxylation is 1. The number of pyridine rings is 1. The Labute approximate surface area is 119 Å². The molecule has 0 saturated carbocycles. The lowest BCUT2D eigenvalue weighted by Gasteiger charge is -2.25. The van der Waals surface area contributed by atoms with Gasteiger partial charge in [0.15, 0.2) is 0 Å². The van der Waals surface area contributed by atoms with E-state index in [1.54, 1.807) is 24.5 Å². The number of sulfonamides is 1. The van der Waals surface area contributed by atoms with Gasteiger partial charge in [0.05, 0.1) is 5.75 Å². The summed E-state index contributed by atoms with van der Waals surface area (Å²) in [5, 5.41) is 9.18. The molecule has 0 radical (unpaired) electrons. The Bertz CT molecular complexity index is 545. The molecule has 0 fully saturated rings. The van der Waals surface area contributed by atoms with E-state index in [0.29, 0.717) is 12.8 Å². The lowest BCUT2D eigenvalue weighted by molar-refractivity contribution is -0.143. The lowest BCUT2D eigenvalue weighted by atomic mass is 9.98. The number of carboxylic acids is 1. The van der Waals surface area contributed by atoms with Crippen molar-refractivity contribution in [2.75, 3.05) is 5.75 Å². The first-order valence-corrected chi connectivity index (χ1v) is 8.08. The zero-order valence-corrected chi connectivity index (χ0v) is 12.5. The highest BCUT2D eigenvalue weighted by Crippen LogP contribution is 2.14. The normalized spacial score (nSPS) is 14.7. The molecule has 7 heteroatoms. The van der Waals surface area contributed by atoms with Crippen LogP contribution in [0.2, 0.25) is 0 Å². The van der Waals surface area contributed by atoms with Crippen molar-refractivity contribution in [1.82, 2.24) is 9.71 Å². The van der Waals surface area contributed by atoms with Crippen LogP contribution in [0.4, 0.5) is 0 Å². The summed E-state index contributed by atoms with van der Waals surface area (Å²) in [6.07, 6.45) is 4.33. The van der Waals surface area contributed by atoms with Gasteiger partial charge in [0, 0.05) is 12.4 Å². The molecular formula is C13H20N2O4S. The van der Waals surface area contributed by atoms with Crippen LogP contribution < -0.4 is 4.72 Å². The standard InChI is InChI=1S/C13H20N2O4S/c1-3-7-13(2,12(16)17)15-20(18,19)10-6-11-4-8-14-9-5-11/h4-5,8-9,15H,3,6-7,10H2,1-2H3,(H,16,17). The molecule has 1 aromatic heterocycles. The summed E-state index contributed by atoms with van der Waals surface area (Å²) >= 11 is 0. The Morgan fingerprint density at radius 2 is 2.00 bits per heavy atom. The fraction of sp³-hybridized carbons (Fsp3) is 0.538. The Kier molecular flexibility index (Phi) is 5.64. The molecule has 112 valence electrons. The molecular weight excluding hydrogens is 280 g/mol. The number of carbonyl (C=O) groups is 1. The topological polar surface area (TPSA) is 96.4 Å². The average molecular weight is 300 g/mol. The first-order chi connectivity index (χ1) is 9.29. The highest BCUT2D eigenvalue weighted by atomic mass is 32.2. The number of hydrogen-bond donors (Lipinski definition) is 2. The van der Waals surface area contributed by atoms with E-state index >= 15 is 0 Å². The van der Waals surface area contributed by atoms with Gasteiger partial charge in [-0.2, -0.15) is 4.72 Å². The Morgan fingerprint density at radius 3 is 2.50 bits per heavy atom. The van der Waals surface area contributed by atoms with Crippen LogP contribution in [0.1, 0.15) is 32.3 Å². The summed E-state index contributed by atoms with van der Waals surface area (Å²) in [6.45, 7) is 3.20. The molecule has 0 aliphatic carbocycles. The molecule has 1 rings (SSSR count). The Balaban J connectivity index is 2.71. The van der Waals surface area contributed by atoms with E-state index in [4.69, 9.17) is 0 Å². The molecule has 0 aromatic carbocycles. The Morgan fingerprint density at radius 1 is 1.40 bits per heavy atom. The predicted octanol–water partition coefficient (Wildman–Crippen LogP) is 1.19. The third kappa shape index (κ3) is 4.90. The van der Waals surface area contributed by atoms with Crippen LogP contribution >= 0.6 is 0 Å². The van der Waals surface area contributed by atoms with Gasteiger partial charge in [0.25, 0.3) is 0 Å². The summed E-state index contributed by atoms with van der Waals surface area (Å²) in [4.78, 5) is 15.1. The van der Waals surface area contributed by atoms with Gasteiger partial charge < -0.3 is 5.11 Å². The third-order valence-electron chi connectivity index (χ3n) is 3.01. The second-order valence-corrected chi connectivity index (χ2v) is 6.76. The van der Waals surface area contributed by atoms with E-state index in [1.807, 2.05) is 6.92 Å². The van der Waals surface area contributed by atoms with E-state index in [9.17, 15) is 18.3 Å². The lowest BCUT2D eigenvalue weighted by Crippen LogP contribution is -2.52. The fourth-order valence-corrected chi connectivity index (χ4v) is 3.38. The summed E-state index contributed by atoms with van der Waals surface area (Å²) in [5.41, 5.74) is -0.607. The molecule has 1 heterocycles. The quantitative estimate of drug-likeness (QED) is 0.751. The number of carboxylic acid groups (broad SMARTS) is 1. The SMILES string of the molecule is CCCC(C)(NS(=O)(=O)CCc1ccncc1)C(=O)O. The van der Waals surface area contributed by atoms with E-state index < -0.39 is 21.5 Å². The molecule has 1 aromatic rings. The van der Waals surface area contributed by atoms with Crippen LogP contribution in [0, 0.1) is 0 Å². The largest absolute Gasteiger partial charge is 0.480 e. The monoisotopic (exact) mass is 300 g/mol. The van der Waals surface area contributed by atoms with Gasteiger partial charge >= 0.3 is 5.97 Å².